The lowest BCUT2D eigenvalue weighted by Gasteiger charge is -2.31. The second-order valence-corrected chi connectivity index (χ2v) is 14.7. The monoisotopic (exact) mass is 764 g/mol. The molecule has 0 unspecified atom stereocenters. The van der Waals surface area contributed by atoms with Gasteiger partial charge in [-0.1, -0.05) is 194 Å². The second kappa shape index (κ2) is 16.9. The van der Waals surface area contributed by atoms with Crippen molar-refractivity contribution < 1.29 is 0 Å². The van der Waals surface area contributed by atoms with Crippen molar-refractivity contribution in [2.45, 2.75) is 5.92 Å². The molecule has 9 aromatic rings. The van der Waals surface area contributed by atoms with Crippen molar-refractivity contribution >= 4 is 45.7 Å². The SMILES string of the molecule is Clc1c(C(c2ccc(-c3ccccc3)cc2)c2ccc(-c3ccccc3)cc2)cccc1N(c1ccccc1)c1cccc(N(c2ccccc2)c2ccccc2)c1. The van der Waals surface area contributed by atoms with Gasteiger partial charge in [0.15, 0.2) is 0 Å². The summed E-state index contributed by atoms with van der Waals surface area (Å²) in [6.07, 6.45) is 0. The zero-order valence-corrected chi connectivity index (χ0v) is 32.7. The van der Waals surface area contributed by atoms with Gasteiger partial charge in [0.25, 0.3) is 0 Å². The lowest BCUT2D eigenvalue weighted by atomic mass is 9.83. The fourth-order valence-electron chi connectivity index (χ4n) is 7.86. The summed E-state index contributed by atoms with van der Waals surface area (Å²) in [6.45, 7) is 0. The fraction of sp³-hybridized carbons (Fsp3) is 0.0182. The van der Waals surface area contributed by atoms with Gasteiger partial charge in [-0.2, -0.15) is 0 Å². The van der Waals surface area contributed by atoms with Gasteiger partial charge in [-0.3, -0.25) is 0 Å². The lowest BCUT2D eigenvalue weighted by molar-refractivity contribution is 0.977. The van der Waals surface area contributed by atoms with Crippen LogP contribution in [0.1, 0.15) is 22.6 Å². The van der Waals surface area contributed by atoms with E-state index in [1.807, 2.05) is 0 Å². The van der Waals surface area contributed by atoms with Crippen LogP contribution in [0.15, 0.2) is 243 Å². The van der Waals surface area contributed by atoms with E-state index >= 15 is 0 Å². The van der Waals surface area contributed by atoms with E-state index in [0.29, 0.717) is 5.02 Å². The van der Waals surface area contributed by atoms with Gasteiger partial charge < -0.3 is 9.80 Å². The number of rotatable bonds is 11. The molecule has 0 saturated carbocycles. The van der Waals surface area contributed by atoms with Gasteiger partial charge in [-0.05, 0) is 99.6 Å². The summed E-state index contributed by atoms with van der Waals surface area (Å²) in [5, 5.41) is 0.698. The molecule has 0 aliphatic heterocycles. The number of hydrogen-bond donors (Lipinski definition) is 0. The van der Waals surface area contributed by atoms with Crippen molar-refractivity contribution in [3.8, 4) is 22.3 Å². The zero-order chi connectivity index (χ0) is 39.1. The van der Waals surface area contributed by atoms with Crippen LogP contribution in [0.2, 0.25) is 5.02 Å². The minimum Gasteiger partial charge on any atom is -0.310 e. The van der Waals surface area contributed by atoms with E-state index in [4.69, 9.17) is 11.6 Å². The number of hydrogen-bond acceptors (Lipinski definition) is 2. The van der Waals surface area contributed by atoms with Gasteiger partial charge in [-0.25, -0.2) is 0 Å². The fourth-order valence-corrected chi connectivity index (χ4v) is 8.18. The van der Waals surface area contributed by atoms with E-state index in [2.05, 4.69) is 252 Å². The van der Waals surface area contributed by atoms with E-state index in [1.165, 1.54) is 33.4 Å². The number of benzene rings is 9. The molecule has 0 aromatic heterocycles. The lowest BCUT2D eigenvalue weighted by Crippen LogP contribution is -2.14. The topological polar surface area (TPSA) is 6.48 Å². The maximum atomic E-state index is 7.79. The van der Waals surface area contributed by atoms with E-state index in [0.717, 1.165) is 39.7 Å². The molecule has 0 fully saturated rings. The van der Waals surface area contributed by atoms with Crippen molar-refractivity contribution in [3.63, 3.8) is 0 Å². The predicted molar refractivity (Wildman–Crippen MR) is 246 cm³/mol. The second-order valence-electron chi connectivity index (χ2n) is 14.3. The third-order valence-electron chi connectivity index (χ3n) is 10.7. The summed E-state index contributed by atoms with van der Waals surface area (Å²) in [5.74, 6) is -0.127. The van der Waals surface area contributed by atoms with Gasteiger partial charge >= 0.3 is 0 Å². The molecular weight excluding hydrogens is 724 g/mol. The molecule has 58 heavy (non-hydrogen) atoms. The minimum atomic E-state index is -0.127. The minimum absolute atomic E-state index is 0.127. The molecule has 2 nitrogen and oxygen atoms in total. The van der Waals surface area contributed by atoms with E-state index < -0.39 is 0 Å². The van der Waals surface area contributed by atoms with Gasteiger partial charge in [0.05, 0.1) is 10.7 Å². The highest BCUT2D eigenvalue weighted by Crippen LogP contribution is 2.46. The van der Waals surface area contributed by atoms with Crippen molar-refractivity contribution in [1.29, 1.82) is 0 Å². The van der Waals surface area contributed by atoms with Crippen molar-refractivity contribution in [3.05, 3.63) is 264 Å². The van der Waals surface area contributed by atoms with E-state index in [9.17, 15) is 0 Å². The molecule has 278 valence electrons. The Hall–Kier alpha value is -7.13. The standard InChI is InChI=1S/C55H41ClN2/c56-55-52(54(45-36-32-43(33-37-45)41-18-6-1-7-19-41)46-38-34-44(35-39-46)42-20-8-2-9-21-42)30-17-31-53(55)58(49-26-14-5-15-27-49)51-29-16-28-50(40-51)57(47-22-10-3-11-23-47)48-24-12-4-13-25-48/h1-40,54H. The normalized spacial score (nSPS) is 11.0. The zero-order valence-electron chi connectivity index (χ0n) is 31.9. The first-order valence-electron chi connectivity index (χ1n) is 19.7. The summed E-state index contributed by atoms with van der Waals surface area (Å²) in [5.41, 5.74) is 14.2. The van der Waals surface area contributed by atoms with Gasteiger partial charge in [0, 0.05) is 34.4 Å². The van der Waals surface area contributed by atoms with Crippen molar-refractivity contribution in [2.24, 2.45) is 0 Å². The van der Waals surface area contributed by atoms with Crippen LogP contribution >= 0.6 is 11.6 Å². The number of anilines is 6. The number of halogens is 1. The smallest absolute Gasteiger partial charge is 0.0688 e. The molecule has 0 aliphatic rings. The van der Waals surface area contributed by atoms with Crippen LogP contribution in [0.5, 0.6) is 0 Å². The van der Waals surface area contributed by atoms with Gasteiger partial charge in [0.1, 0.15) is 0 Å². The first kappa shape index (κ1) is 36.5. The first-order valence-corrected chi connectivity index (χ1v) is 20.0. The average molecular weight is 765 g/mol. The average Bonchev–Trinajstić information content (AvgIpc) is 3.30. The van der Waals surface area contributed by atoms with Crippen molar-refractivity contribution in [1.82, 2.24) is 0 Å². The molecule has 0 heterocycles. The van der Waals surface area contributed by atoms with E-state index in [-0.39, 0.29) is 5.92 Å². The molecule has 0 aliphatic carbocycles. The molecule has 0 N–H and O–H groups in total. The summed E-state index contributed by atoms with van der Waals surface area (Å²) in [4.78, 5) is 4.57. The first-order chi connectivity index (χ1) is 28.7. The molecule has 0 radical (unpaired) electrons. The van der Waals surface area contributed by atoms with Gasteiger partial charge in [0.2, 0.25) is 0 Å². The molecular formula is C55H41ClN2. The predicted octanol–water partition coefficient (Wildman–Crippen LogP) is 15.8. The Bertz CT molecular complexity index is 2580. The maximum Gasteiger partial charge on any atom is 0.0688 e. The highest BCUT2D eigenvalue weighted by molar-refractivity contribution is 6.34. The third-order valence-corrected chi connectivity index (χ3v) is 11.1. The molecule has 0 atom stereocenters. The van der Waals surface area contributed by atoms with Crippen LogP contribution in [0, 0.1) is 0 Å². The molecule has 3 heteroatoms. The third kappa shape index (κ3) is 7.67. The Kier molecular flexibility index (Phi) is 10.7. The Balaban J connectivity index is 1.18. The van der Waals surface area contributed by atoms with Crippen LogP contribution in [-0.4, -0.2) is 0 Å². The van der Waals surface area contributed by atoms with Crippen molar-refractivity contribution in [2.75, 3.05) is 9.80 Å². The Labute approximate surface area is 346 Å². The summed E-state index contributed by atoms with van der Waals surface area (Å²) >= 11 is 7.79. The highest BCUT2D eigenvalue weighted by atomic mass is 35.5. The molecule has 0 amide bonds. The Morgan fingerprint density at radius 3 is 1.09 bits per heavy atom. The molecule has 0 saturated heterocycles. The molecule has 0 bridgehead atoms. The van der Waals surface area contributed by atoms with E-state index in [1.54, 1.807) is 0 Å². The molecule has 9 aromatic carbocycles. The van der Waals surface area contributed by atoms with Crippen LogP contribution < -0.4 is 9.80 Å². The highest BCUT2D eigenvalue weighted by Gasteiger charge is 2.25. The van der Waals surface area contributed by atoms with Crippen LogP contribution in [-0.2, 0) is 0 Å². The van der Waals surface area contributed by atoms with Crippen LogP contribution in [0.4, 0.5) is 34.1 Å². The van der Waals surface area contributed by atoms with Gasteiger partial charge in [-0.15, -0.1) is 0 Å². The van der Waals surface area contributed by atoms with Crippen LogP contribution in [0.25, 0.3) is 22.3 Å². The summed E-state index contributed by atoms with van der Waals surface area (Å²) in [6, 6.07) is 85.6. The summed E-state index contributed by atoms with van der Waals surface area (Å²) in [7, 11) is 0. The molecule has 9 rings (SSSR count). The Morgan fingerprint density at radius 1 is 0.293 bits per heavy atom. The quantitative estimate of drug-likeness (QED) is 0.121. The van der Waals surface area contributed by atoms with Crippen LogP contribution in [0.3, 0.4) is 0 Å². The maximum absolute atomic E-state index is 7.79. The Morgan fingerprint density at radius 2 is 0.638 bits per heavy atom. The number of para-hydroxylation sites is 3. The molecule has 0 spiro atoms. The summed E-state index contributed by atoms with van der Waals surface area (Å²) < 4.78 is 0. The number of nitrogens with zero attached hydrogens (tertiary/aromatic N) is 2. The largest absolute Gasteiger partial charge is 0.310 e.